The fourth-order valence-corrected chi connectivity index (χ4v) is 2.79. The maximum absolute atomic E-state index is 12.2. The Kier molecular flexibility index (Phi) is 4.65. The van der Waals surface area contributed by atoms with Crippen molar-refractivity contribution in [3.63, 3.8) is 0 Å². The summed E-state index contributed by atoms with van der Waals surface area (Å²) in [6.07, 6.45) is 4.58. The smallest absolute Gasteiger partial charge is 0.251 e. The fourth-order valence-electron chi connectivity index (χ4n) is 2.79. The van der Waals surface area contributed by atoms with Crippen molar-refractivity contribution in [1.82, 2.24) is 10.3 Å². The van der Waals surface area contributed by atoms with Crippen LogP contribution in [0.1, 0.15) is 53.4 Å². The van der Waals surface area contributed by atoms with Crippen LogP contribution < -0.4 is 10.1 Å². The molecule has 0 atom stereocenters. The number of carbonyl (C=O) groups is 1. The van der Waals surface area contributed by atoms with Crippen molar-refractivity contribution in [2.75, 3.05) is 0 Å². The van der Waals surface area contributed by atoms with Crippen LogP contribution in [0, 0.1) is 13.8 Å². The van der Waals surface area contributed by atoms with Gasteiger partial charge in [0.15, 0.2) is 6.61 Å². The van der Waals surface area contributed by atoms with Gasteiger partial charge in [-0.3, -0.25) is 4.79 Å². The molecule has 1 aromatic carbocycles. The number of oxazole rings is 1. The van der Waals surface area contributed by atoms with Gasteiger partial charge in [0.25, 0.3) is 5.91 Å². The lowest BCUT2D eigenvalue weighted by Gasteiger charge is -2.12. The molecule has 0 spiro atoms. The average Bonchev–Trinajstić information content (AvgIpc) is 3.16. The number of aryl methyl sites for hydroxylation is 2. The van der Waals surface area contributed by atoms with Gasteiger partial charge in [0.2, 0.25) is 5.89 Å². The van der Waals surface area contributed by atoms with Crippen LogP contribution in [0.4, 0.5) is 0 Å². The zero-order valence-corrected chi connectivity index (χ0v) is 13.6. The zero-order valence-electron chi connectivity index (χ0n) is 13.6. The molecule has 0 radical (unpaired) electrons. The Morgan fingerprint density at radius 1 is 1.26 bits per heavy atom. The predicted molar refractivity (Wildman–Crippen MR) is 86.5 cm³/mol. The van der Waals surface area contributed by atoms with E-state index in [1.54, 1.807) is 24.3 Å². The lowest BCUT2D eigenvalue weighted by molar-refractivity contribution is 0.0938. The zero-order chi connectivity index (χ0) is 16.2. The summed E-state index contributed by atoms with van der Waals surface area (Å²) < 4.78 is 11.1. The van der Waals surface area contributed by atoms with Gasteiger partial charge in [0, 0.05) is 11.6 Å². The highest BCUT2D eigenvalue weighted by Gasteiger charge is 2.17. The van der Waals surface area contributed by atoms with Gasteiger partial charge in [0.1, 0.15) is 11.5 Å². The first kappa shape index (κ1) is 15.6. The lowest BCUT2D eigenvalue weighted by Crippen LogP contribution is -2.32. The second kappa shape index (κ2) is 6.86. The Morgan fingerprint density at radius 2 is 1.96 bits per heavy atom. The van der Waals surface area contributed by atoms with Crippen molar-refractivity contribution < 1.29 is 13.9 Å². The van der Waals surface area contributed by atoms with Crippen molar-refractivity contribution in [2.24, 2.45) is 0 Å². The van der Waals surface area contributed by atoms with Crippen LogP contribution >= 0.6 is 0 Å². The molecule has 1 saturated carbocycles. The first-order valence-corrected chi connectivity index (χ1v) is 8.08. The molecule has 1 amide bonds. The van der Waals surface area contributed by atoms with Crippen molar-refractivity contribution in [3.8, 4) is 5.75 Å². The number of aromatic nitrogens is 1. The molecule has 1 heterocycles. The Labute approximate surface area is 136 Å². The molecule has 0 unspecified atom stereocenters. The van der Waals surface area contributed by atoms with Gasteiger partial charge in [-0.2, -0.15) is 0 Å². The summed E-state index contributed by atoms with van der Waals surface area (Å²) in [6, 6.07) is 7.49. The topological polar surface area (TPSA) is 64.4 Å². The molecule has 3 rings (SSSR count). The van der Waals surface area contributed by atoms with Crippen LogP contribution in [-0.4, -0.2) is 16.9 Å². The summed E-state index contributed by atoms with van der Waals surface area (Å²) in [4.78, 5) is 16.4. The van der Waals surface area contributed by atoms with Gasteiger partial charge >= 0.3 is 0 Å². The van der Waals surface area contributed by atoms with Crippen molar-refractivity contribution >= 4 is 5.91 Å². The van der Waals surface area contributed by atoms with Crippen LogP contribution in [0.5, 0.6) is 5.75 Å². The Hall–Kier alpha value is -2.30. The van der Waals surface area contributed by atoms with Gasteiger partial charge in [-0.25, -0.2) is 4.98 Å². The molecule has 0 bridgehead atoms. The number of hydrogen-bond acceptors (Lipinski definition) is 4. The molecular formula is C18H22N2O3. The van der Waals surface area contributed by atoms with Crippen LogP contribution in [0.3, 0.4) is 0 Å². The van der Waals surface area contributed by atoms with E-state index in [9.17, 15) is 4.79 Å². The third kappa shape index (κ3) is 3.92. The van der Waals surface area contributed by atoms with E-state index in [0.717, 1.165) is 24.3 Å². The molecule has 1 aromatic heterocycles. The number of nitrogens with zero attached hydrogens (tertiary/aromatic N) is 1. The van der Waals surface area contributed by atoms with E-state index >= 15 is 0 Å². The summed E-state index contributed by atoms with van der Waals surface area (Å²) in [5, 5.41) is 3.08. The molecule has 1 aliphatic rings. The number of benzene rings is 1. The number of rotatable bonds is 5. The van der Waals surface area contributed by atoms with E-state index in [1.807, 2.05) is 13.8 Å². The highest BCUT2D eigenvalue weighted by Crippen LogP contribution is 2.19. The maximum Gasteiger partial charge on any atom is 0.251 e. The number of carbonyl (C=O) groups excluding carboxylic acids is 1. The molecule has 5 heteroatoms. The van der Waals surface area contributed by atoms with Gasteiger partial charge in [-0.05, 0) is 51.0 Å². The average molecular weight is 314 g/mol. The van der Waals surface area contributed by atoms with Crippen LogP contribution in [0.15, 0.2) is 28.7 Å². The molecule has 0 aliphatic heterocycles. The summed E-state index contributed by atoms with van der Waals surface area (Å²) in [5.41, 5.74) is 1.54. The molecule has 0 saturated heterocycles. The van der Waals surface area contributed by atoms with Gasteiger partial charge in [-0.15, -0.1) is 0 Å². The maximum atomic E-state index is 12.2. The standard InChI is InChI=1S/C18H22N2O3/c1-12-13(2)23-17(19-12)11-22-16-9-7-14(8-10-16)18(21)20-15-5-3-4-6-15/h7-10,15H,3-6,11H2,1-2H3,(H,20,21). The minimum atomic E-state index is -0.0117. The van der Waals surface area contributed by atoms with E-state index in [1.165, 1.54) is 12.8 Å². The number of nitrogens with one attached hydrogen (secondary N) is 1. The molecule has 23 heavy (non-hydrogen) atoms. The van der Waals surface area contributed by atoms with Crippen molar-refractivity contribution in [3.05, 3.63) is 47.2 Å². The summed E-state index contributed by atoms with van der Waals surface area (Å²) in [7, 11) is 0. The number of amides is 1. The van der Waals surface area contributed by atoms with Crippen LogP contribution in [-0.2, 0) is 6.61 Å². The van der Waals surface area contributed by atoms with Crippen molar-refractivity contribution in [1.29, 1.82) is 0 Å². The minimum absolute atomic E-state index is 0.0117. The van der Waals surface area contributed by atoms with Crippen LogP contribution in [0.25, 0.3) is 0 Å². The third-order valence-corrected chi connectivity index (χ3v) is 4.24. The third-order valence-electron chi connectivity index (χ3n) is 4.24. The monoisotopic (exact) mass is 314 g/mol. The molecule has 1 fully saturated rings. The van der Waals surface area contributed by atoms with E-state index in [2.05, 4.69) is 10.3 Å². The minimum Gasteiger partial charge on any atom is -0.484 e. The molecule has 2 aromatic rings. The Bertz CT molecular complexity index is 651. The van der Waals surface area contributed by atoms with E-state index < -0.39 is 0 Å². The highest BCUT2D eigenvalue weighted by atomic mass is 16.5. The van der Waals surface area contributed by atoms with Crippen molar-refractivity contribution in [2.45, 2.75) is 52.2 Å². The van der Waals surface area contributed by atoms with Gasteiger partial charge in [-0.1, -0.05) is 12.8 Å². The largest absolute Gasteiger partial charge is 0.484 e. The lowest BCUT2D eigenvalue weighted by atomic mass is 10.1. The normalized spacial score (nSPS) is 14.9. The quantitative estimate of drug-likeness (QED) is 0.916. The summed E-state index contributed by atoms with van der Waals surface area (Å²) in [5.74, 6) is 2.05. The Balaban J connectivity index is 1.54. The first-order chi connectivity index (χ1) is 11.1. The molecule has 122 valence electrons. The Morgan fingerprint density at radius 3 is 2.57 bits per heavy atom. The number of ether oxygens (including phenoxy) is 1. The predicted octanol–water partition coefficient (Wildman–Crippen LogP) is 3.54. The van der Waals surface area contributed by atoms with Gasteiger partial charge in [0.05, 0.1) is 5.69 Å². The summed E-state index contributed by atoms with van der Waals surface area (Å²) in [6.45, 7) is 4.06. The van der Waals surface area contributed by atoms with E-state index in [-0.39, 0.29) is 12.5 Å². The second-order valence-electron chi connectivity index (χ2n) is 6.02. The highest BCUT2D eigenvalue weighted by molar-refractivity contribution is 5.94. The van der Waals surface area contributed by atoms with Gasteiger partial charge < -0.3 is 14.5 Å². The molecule has 1 aliphatic carbocycles. The van der Waals surface area contributed by atoms with E-state index in [0.29, 0.717) is 23.2 Å². The second-order valence-corrected chi connectivity index (χ2v) is 6.02. The van der Waals surface area contributed by atoms with Crippen LogP contribution in [0.2, 0.25) is 0 Å². The first-order valence-electron chi connectivity index (χ1n) is 8.08. The summed E-state index contributed by atoms with van der Waals surface area (Å²) >= 11 is 0. The SMILES string of the molecule is Cc1nc(COc2ccc(C(=O)NC3CCCC3)cc2)oc1C. The fraction of sp³-hybridized carbons (Fsp3) is 0.444. The molecule has 1 N–H and O–H groups in total. The number of hydrogen-bond donors (Lipinski definition) is 1. The molecular weight excluding hydrogens is 292 g/mol. The van der Waals surface area contributed by atoms with E-state index in [4.69, 9.17) is 9.15 Å². The molecule has 5 nitrogen and oxygen atoms in total.